The van der Waals surface area contributed by atoms with E-state index in [0.717, 1.165) is 0 Å². The SMILES string of the molecule is O=C(F)c1c(F)c(F)c(F)c(F)c1C(F)=C(F)F. The Morgan fingerprint density at radius 3 is 1.39 bits per heavy atom. The molecule has 0 aliphatic carbocycles. The van der Waals surface area contributed by atoms with Crippen LogP contribution >= 0.6 is 0 Å². The highest BCUT2D eigenvalue weighted by molar-refractivity contribution is 5.94. The molecule has 0 saturated carbocycles. The Labute approximate surface area is 93.3 Å². The molecule has 1 nitrogen and oxygen atoms in total. The smallest absolute Gasteiger partial charge is 0.255 e. The van der Waals surface area contributed by atoms with E-state index in [0.29, 0.717) is 0 Å². The van der Waals surface area contributed by atoms with Crippen molar-refractivity contribution in [3.05, 3.63) is 40.5 Å². The molecule has 0 saturated heterocycles. The third kappa shape index (κ3) is 2.07. The summed E-state index contributed by atoms with van der Waals surface area (Å²) in [7, 11) is 0. The van der Waals surface area contributed by atoms with Gasteiger partial charge in [0, 0.05) is 0 Å². The van der Waals surface area contributed by atoms with Gasteiger partial charge in [0.2, 0.25) is 0 Å². The predicted octanol–water partition coefficient (Wildman–Crippen LogP) is 3.89. The Bertz CT molecular complexity index is 558. The van der Waals surface area contributed by atoms with E-state index in [1.165, 1.54) is 0 Å². The van der Waals surface area contributed by atoms with Crippen LogP contribution in [-0.2, 0) is 0 Å². The number of benzene rings is 1. The third-order valence-corrected chi connectivity index (χ3v) is 1.85. The first-order valence-electron chi connectivity index (χ1n) is 3.97. The molecule has 98 valence electrons. The summed E-state index contributed by atoms with van der Waals surface area (Å²) in [4.78, 5) is 10.2. The van der Waals surface area contributed by atoms with Crippen molar-refractivity contribution < 1.29 is 39.9 Å². The molecule has 1 aromatic rings. The fourth-order valence-corrected chi connectivity index (χ4v) is 1.12. The molecule has 0 bridgehead atoms. The average Bonchev–Trinajstić information content (AvgIpc) is 2.29. The van der Waals surface area contributed by atoms with E-state index in [-0.39, 0.29) is 0 Å². The van der Waals surface area contributed by atoms with Crippen LogP contribution in [-0.4, -0.2) is 6.04 Å². The molecule has 0 aromatic heterocycles. The van der Waals surface area contributed by atoms with Gasteiger partial charge >= 0.3 is 12.1 Å². The number of hydrogen-bond acceptors (Lipinski definition) is 1. The van der Waals surface area contributed by atoms with E-state index in [4.69, 9.17) is 0 Å². The highest BCUT2D eigenvalue weighted by atomic mass is 19.3. The molecule has 1 aromatic carbocycles. The number of rotatable bonds is 2. The zero-order valence-corrected chi connectivity index (χ0v) is 7.93. The fraction of sp³-hybridized carbons (Fsp3) is 0. The molecule has 0 fully saturated rings. The van der Waals surface area contributed by atoms with Crippen molar-refractivity contribution in [3.63, 3.8) is 0 Å². The Morgan fingerprint density at radius 1 is 0.667 bits per heavy atom. The van der Waals surface area contributed by atoms with Crippen molar-refractivity contribution in [1.82, 2.24) is 0 Å². The summed E-state index contributed by atoms with van der Waals surface area (Å²) in [5.41, 5.74) is -4.59. The topological polar surface area (TPSA) is 17.1 Å². The molecular formula is C9F8O. The van der Waals surface area contributed by atoms with Crippen molar-refractivity contribution in [2.24, 2.45) is 0 Å². The van der Waals surface area contributed by atoms with Crippen LogP contribution in [0.1, 0.15) is 15.9 Å². The largest absolute Gasteiger partial charge is 0.336 e. The van der Waals surface area contributed by atoms with Crippen LogP contribution in [0.3, 0.4) is 0 Å². The van der Waals surface area contributed by atoms with E-state index in [2.05, 4.69) is 0 Å². The summed E-state index contributed by atoms with van der Waals surface area (Å²) in [6, 6.07) is -2.93. The summed E-state index contributed by atoms with van der Waals surface area (Å²) in [5.74, 6) is -13.4. The van der Waals surface area contributed by atoms with Crippen LogP contribution in [0.2, 0.25) is 0 Å². The minimum Gasteiger partial charge on any atom is -0.255 e. The maximum absolute atomic E-state index is 13.0. The molecule has 0 N–H and O–H groups in total. The normalized spacial score (nSPS) is 10.4. The average molecular weight is 276 g/mol. The number of carbonyl (C=O) groups excluding carboxylic acids is 1. The van der Waals surface area contributed by atoms with E-state index in [1.54, 1.807) is 0 Å². The van der Waals surface area contributed by atoms with Crippen LogP contribution in [0.25, 0.3) is 5.83 Å². The van der Waals surface area contributed by atoms with Crippen LogP contribution in [0.4, 0.5) is 35.1 Å². The first-order valence-corrected chi connectivity index (χ1v) is 3.97. The minimum atomic E-state index is -3.26. The quantitative estimate of drug-likeness (QED) is 0.346. The van der Waals surface area contributed by atoms with Gasteiger partial charge in [0.1, 0.15) is 5.56 Å². The molecule has 0 aliphatic rings. The third-order valence-electron chi connectivity index (χ3n) is 1.85. The van der Waals surface area contributed by atoms with Crippen LogP contribution in [0.15, 0.2) is 6.08 Å². The van der Waals surface area contributed by atoms with Crippen LogP contribution in [0.5, 0.6) is 0 Å². The van der Waals surface area contributed by atoms with Crippen molar-refractivity contribution in [2.75, 3.05) is 0 Å². The predicted molar refractivity (Wildman–Crippen MR) is 42.0 cm³/mol. The standard InChI is InChI=1S/C9F8O/c10-3-1(5(12)8(15)16)2(9(17)18)4(11)7(14)6(3)13. The van der Waals surface area contributed by atoms with Crippen LogP contribution < -0.4 is 0 Å². The highest BCUT2D eigenvalue weighted by Gasteiger charge is 2.32. The van der Waals surface area contributed by atoms with Gasteiger partial charge in [-0.05, 0) is 0 Å². The van der Waals surface area contributed by atoms with Gasteiger partial charge < -0.3 is 0 Å². The summed E-state index contributed by atoms with van der Waals surface area (Å²) in [6.45, 7) is 0. The molecule has 0 spiro atoms. The first kappa shape index (κ1) is 14.1. The Balaban J connectivity index is 3.91. The summed E-state index contributed by atoms with van der Waals surface area (Å²) >= 11 is 0. The van der Waals surface area contributed by atoms with Crippen molar-refractivity contribution >= 4 is 11.9 Å². The van der Waals surface area contributed by atoms with Crippen LogP contribution in [0, 0.1) is 23.3 Å². The first-order chi connectivity index (χ1) is 8.20. The highest BCUT2D eigenvalue weighted by Crippen LogP contribution is 2.33. The van der Waals surface area contributed by atoms with Gasteiger partial charge in [-0.1, -0.05) is 0 Å². The second-order valence-corrected chi connectivity index (χ2v) is 2.85. The lowest BCUT2D eigenvalue weighted by Gasteiger charge is -2.07. The lowest BCUT2D eigenvalue weighted by molar-refractivity contribution is 0.0828. The molecule has 0 atom stereocenters. The number of halogens is 8. The summed E-state index contributed by atoms with van der Waals surface area (Å²) < 4.78 is 99.9. The van der Waals surface area contributed by atoms with E-state index in [1.807, 2.05) is 0 Å². The molecule has 18 heavy (non-hydrogen) atoms. The summed E-state index contributed by atoms with van der Waals surface area (Å²) in [5, 5.41) is 0. The molecule has 1 rings (SSSR count). The van der Waals surface area contributed by atoms with Gasteiger partial charge in [0.05, 0.1) is 5.56 Å². The molecule has 9 heteroatoms. The maximum Gasteiger partial charge on any atom is 0.336 e. The minimum absolute atomic E-state index is 2.28. The maximum atomic E-state index is 13.0. The lowest BCUT2D eigenvalue weighted by Crippen LogP contribution is -2.10. The second-order valence-electron chi connectivity index (χ2n) is 2.85. The van der Waals surface area contributed by atoms with Gasteiger partial charge in [-0.15, -0.1) is 0 Å². The van der Waals surface area contributed by atoms with E-state index in [9.17, 15) is 39.9 Å². The van der Waals surface area contributed by atoms with E-state index >= 15 is 0 Å². The monoisotopic (exact) mass is 276 g/mol. The molecule has 0 amide bonds. The fourth-order valence-electron chi connectivity index (χ4n) is 1.12. The van der Waals surface area contributed by atoms with Gasteiger partial charge in [-0.2, -0.15) is 13.2 Å². The Hall–Kier alpha value is -1.93. The zero-order chi connectivity index (χ0) is 14.2. The Kier molecular flexibility index (Phi) is 3.73. The van der Waals surface area contributed by atoms with E-state index < -0.39 is 52.3 Å². The van der Waals surface area contributed by atoms with Gasteiger partial charge in [0.25, 0.3) is 0 Å². The molecule has 0 unspecified atom stereocenters. The molecule has 0 aliphatic heterocycles. The van der Waals surface area contributed by atoms with Crippen molar-refractivity contribution in [2.45, 2.75) is 0 Å². The second kappa shape index (κ2) is 4.75. The molecular weight excluding hydrogens is 276 g/mol. The van der Waals surface area contributed by atoms with Gasteiger partial charge in [0.15, 0.2) is 29.1 Å². The lowest BCUT2D eigenvalue weighted by atomic mass is 10.0. The van der Waals surface area contributed by atoms with Crippen molar-refractivity contribution in [1.29, 1.82) is 0 Å². The van der Waals surface area contributed by atoms with Gasteiger partial charge in [-0.25, -0.2) is 22.0 Å². The van der Waals surface area contributed by atoms with Gasteiger partial charge in [-0.3, -0.25) is 4.79 Å². The number of carbonyl (C=O) groups is 1. The zero-order valence-electron chi connectivity index (χ0n) is 7.93. The summed E-state index contributed by atoms with van der Waals surface area (Å²) in [6.07, 6.45) is -3.26. The Morgan fingerprint density at radius 2 is 1.06 bits per heavy atom. The molecule has 0 radical (unpaired) electrons. The number of hydrogen-bond donors (Lipinski definition) is 0. The van der Waals surface area contributed by atoms with Crippen molar-refractivity contribution in [3.8, 4) is 0 Å². The molecule has 0 heterocycles.